The number of nitrogens with two attached hydrogens (primary N) is 1. The average Bonchev–Trinajstić information content (AvgIpc) is 2.13. The van der Waals surface area contributed by atoms with Crippen LogP contribution < -0.4 is 5.73 Å². The van der Waals surface area contributed by atoms with Gasteiger partial charge >= 0.3 is 5.97 Å². The fraction of sp³-hybridized carbons (Fsp3) is 0.222. The topological polar surface area (TPSA) is 83.5 Å². The summed E-state index contributed by atoms with van der Waals surface area (Å²) in [5.41, 5.74) is 6.13. The van der Waals surface area contributed by atoms with Crippen molar-refractivity contribution < 1.29 is 15.0 Å². The SMILES string of the molecule is N[C@H](Cc1cc(Br)c(O)c(Br)c1)[14C](=O)O. The van der Waals surface area contributed by atoms with E-state index in [0.717, 1.165) is 5.56 Å². The summed E-state index contributed by atoms with van der Waals surface area (Å²) in [5, 5.41) is 18.1. The second-order valence-corrected chi connectivity index (χ2v) is 4.77. The molecule has 0 aliphatic heterocycles. The molecule has 82 valence electrons. The second kappa shape index (κ2) is 4.96. The summed E-state index contributed by atoms with van der Waals surface area (Å²) in [6.45, 7) is 0. The number of halogens is 2. The van der Waals surface area contributed by atoms with Crippen molar-refractivity contribution in [1.29, 1.82) is 0 Å². The summed E-state index contributed by atoms with van der Waals surface area (Å²) in [4.78, 5) is 10.5. The number of hydrogen-bond acceptors (Lipinski definition) is 3. The van der Waals surface area contributed by atoms with Crippen LogP contribution in [0.1, 0.15) is 5.56 Å². The minimum atomic E-state index is -1.05. The number of carboxylic acid groups (broad SMARTS) is 1. The van der Waals surface area contributed by atoms with Crippen molar-refractivity contribution in [2.45, 2.75) is 12.5 Å². The van der Waals surface area contributed by atoms with E-state index in [0.29, 0.717) is 8.95 Å². The zero-order chi connectivity index (χ0) is 11.6. The van der Waals surface area contributed by atoms with E-state index in [1.54, 1.807) is 12.1 Å². The second-order valence-electron chi connectivity index (χ2n) is 3.06. The van der Waals surface area contributed by atoms with Crippen molar-refractivity contribution in [2.75, 3.05) is 0 Å². The number of carbonyl (C=O) groups is 1. The Morgan fingerprint density at radius 3 is 2.27 bits per heavy atom. The summed E-state index contributed by atoms with van der Waals surface area (Å²) in [5.74, 6) is -0.960. The monoisotopic (exact) mass is 339 g/mol. The van der Waals surface area contributed by atoms with E-state index in [2.05, 4.69) is 31.9 Å². The van der Waals surface area contributed by atoms with Gasteiger partial charge in [-0.05, 0) is 56.0 Å². The van der Waals surface area contributed by atoms with Crippen molar-refractivity contribution >= 4 is 37.8 Å². The molecule has 1 aromatic carbocycles. The highest BCUT2D eigenvalue weighted by atomic mass is 79.9. The van der Waals surface area contributed by atoms with E-state index in [1.807, 2.05) is 0 Å². The molecule has 4 nitrogen and oxygen atoms in total. The number of rotatable bonds is 3. The maximum Gasteiger partial charge on any atom is 0.320 e. The number of aromatic hydroxyl groups is 1. The fourth-order valence-electron chi connectivity index (χ4n) is 1.08. The first-order chi connectivity index (χ1) is 6.91. The summed E-state index contributed by atoms with van der Waals surface area (Å²) < 4.78 is 1.01. The van der Waals surface area contributed by atoms with Gasteiger partial charge in [-0.1, -0.05) is 0 Å². The van der Waals surface area contributed by atoms with E-state index in [9.17, 15) is 9.90 Å². The molecule has 0 saturated carbocycles. The summed E-state index contributed by atoms with van der Waals surface area (Å²) in [6.07, 6.45) is 0.215. The molecule has 1 rings (SSSR count). The van der Waals surface area contributed by atoms with Gasteiger partial charge in [0.05, 0.1) is 8.95 Å². The van der Waals surface area contributed by atoms with Crippen LogP contribution >= 0.6 is 31.9 Å². The normalized spacial score (nSPS) is 12.5. The summed E-state index contributed by atoms with van der Waals surface area (Å²) in [7, 11) is 0. The average molecular weight is 341 g/mol. The highest BCUT2D eigenvalue weighted by Gasteiger charge is 2.14. The highest BCUT2D eigenvalue weighted by Crippen LogP contribution is 2.33. The van der Waals surface area contributed by atoms with E-state index in [-0.39, 0.29) is 12.2 Å². The number of benzene rings is 1. The van der Waals surface area contributed by atoms with E-state index < -0.39 is 12.0 Å². The predicted molar refractivity (Wildman–Crippen MR) is 62.8 cm³/mol. The van der Waals surface area contributed by atoms with Crippen LogP contribution in [-0.4, -0.2) is 22.2 Å². The standard InChI is InChI=1S/C9H9Br2NO3/c10-5-1-4(2-6(11)8(5)13)3-7(12)9(14)15/h1-2,7,13H,3,12H2,(H,14,15)/t7-/m1/s1/i9+2. The van der Waals surface area contributed by atoms with Gasteiger partial charge in [-0.2, -0.15) is 0 Å². The number of phenolic OH excluding ortho intramolecular Hbond substituents is 1. The molecule has 0 fully saturated rings. The lowest BCUT2D eigenvalue weighted by atomic mass is 10.1. The Kier molecular flexibility index (Phi) is 4.12. The van der Waals surface area contributed by atoms with Crippen molar-refractivity contribution in [3.63, 3.8) is 0 Å². The van der Waals surface area contributed by atoms with Crippen LogP contribution in [0, 0.1) is 0 Å². The lowest BCUT2D eigenvalue weighted by Crippen LogP contribution is -2.32. The van der Waals surface area contributed by atoms with Gasteiger partial charge in [-0.25, -0.2) is 0 Å². The summed E-state index contributed by atoms with van der Waals surface area (Å²) >= 11 is 6.31. The van der Waals surface area contributed by atoms with Crippen molar-refractivity contribution in [2.24, 2.45) is 5.73 Å². The van der Waals surface area contributed by atoms with Gasteiger partial charge in [-0.15, -0.1) is 0 Å². The molecule has 1 atom stereocenters. The lowest BCUT2D eigenvalue weighted by molar-refractivity contribution is -0.138. The molecule has 0 heterocycles. The fourth-order valence-corrected chi connectivity index (χ4v) is 2.36. The third-order valence-electron chi connectivity index (χ3n) is 1.85. The molecule has 4 N–H and O–H groups in total. The molecule has 0 aliphatic rings. The van der Waals surface area contributed by atoms with Gasteiger partial charge in [0.25, 0.3) is 0 Å². The third kappa shape index (κ3) is 3.19. The molecule has 0 aliphatic carbocycles. The lowest BCUT2D eigenvalue weighted by Gasteiger charge is -2.08. The van der Waals surface area contributed by atoms with Crippen LogP contribution in [0.2, 0.25) is 0 Å². The largest absolute Gasteiger partial charge is 0.506 e. The molecule has 6 heteroatoms. The van der Waals surface area contributed by atoms with Crippen LogP contribution in [0.15, 0.2) is 21.1 Å². The van der Waals surface area contributed by atoms with Crippen molar-refractivity contribution in [3.8, 4) is 5.75 Å². The first-order valence-corrected chi connectivity index (χ1v) is 5.65. The number of carboxylic acids is 1. The van der Waals surface area contributed by atoms with Gasteiger partial charge in [0.15, 0.2) is 0 Å². The van der Waals surface area contributed by atoms with E-state index in [4.69, 9.17) is 10.8 Å². The van der Waals surface area contributed by atoms with Gasteiger partial charge < -0.3 is 15.9 Å². The Bertz CT molecular complexity index is 372. The smallest absolute Gasteiger partial charge is 0.320 e. The van der Waals surface area contributed by atoms with Crippen LogP contribution in [-0.2, 0) is 11.2 Å². The van der Waals surface area contributed by atoms with Crippen LogP contribution in [0.3, 0.4) is 0 Å². The molecular formula is C9H9Br2NO3. The maximum atomic E-state index is 10.5. The van der Waals surface area contributed by atoms with Gasteiger partial charge in [-0.3, -0.25) is 4.79 Å². The predicted octanol–water partition coefficient (Wildman–Crippen LogP) is 1.87. The molecule has 0 radical (unpaired) electrons. The zero-order valence-corrected chi connectivity index (χ0v) is 10.7. The molecule has 0 amide bonds. The van der Waals surface area contributed by atoms with Crippen molar-refractivity contribution in [1.82, 2.24) is 0 Å². The molecule has 0 spiro atoms. The Labute approximate surface area is 103 Å². The molecule has 15 heavy (non-hydrogen) atoms. The minimum absolute atomic E-state index is 0.0858. The molecule has 0 bridgehead atoms. The first kappa shape index (κ1) is 12.5. The molecule has 0 aromatic heterocycles. The molecule has 1 aromatic rings. The number of phenols is 1. The van der Waals surface area contributed by atoms with Crippen LogP contribution in [0.5, 0.6) is 5.75 Å². The third-order valence-corrected chi connectivity index (χ3v) is 3.06. The van der Waals surface area contributed by atoms with Gasteiger partial charge in [0.1, 0.15) is 11.8 Å². The van der Waals surface area contributed by atoms with Crippen molar-refractivity contribution in [3.05, 3.63) is 26.6 Å². The Morgan fingerprint density at radius 2 is 1.87 bits per heavy atom. The Morgan fingerprint density at radius 1 is 1.40 bits per heavy atom. The van der Waals surface area contributed by atoms with Gasteiger partial charge in [0.2, 0.25) is 0 Å². The molecule has 0 saturated heterocycles. The number of hydrogen-bond donors (Lipinski definition) is 3. The maximum absolute atomic E-state index is 10.5. The molecule has 0 unspecified atom stereocenters. The van der Waals surface area contributed by atoms with Gasteiger partial charge in [0, 0.05) is 0 Å². The quantitative estimate of drug-likeness (QED) is 0.784. The van der Waals surface area contributed by atoms with E-state index >= 15 is 0 Å². The summed E-state index contributed by atoms with van der Waals surface area (Å²) in [6, 6.07) is 2.35. The highest BCUT2D eigenvalue weighted by molar-refractivity contribution is 9.11. The number of aliphatic carboxylic acids is 1. The first-order valence-electron chi connectivity index (χ1n) is 4.07. The van der Waals surface area contributed by atoms with Crippen LogP contribution in [0.25, 0.3) is 0 Å². The Balaban J connectivity index is 2.92. The van der Waals surface area contributed by atoms with E-state index in [1.165, 1.54) is 0 Å². The Hall–Kier alpha value is -0.590. The minimum Gasteiger partial charge on any atom is -0.506 e. The van der Waals surface area contributed by atoms with Crippen LogP contribution in [0.4, 0.5) is 0 Å². The molecular weight excluding hydrogens is 332 g/mol. The zero-order valence-electron chi connectivity index (χ0n) is 7.58.